The van der Waals surface area contributed by atoms with E-state index in [4.69, 9.17) is 11.6 Å². The van der Waals surface area contributed by atoms with E-state index in [1.807, 2.05) is 48.5 Å². The highest BCUT2D eigenvalue weighted by Crippen LogP contribution is 2.30. The molecule has 1 unspecified atom stereocenters. The maximum Gasteiger partial charge on any atom is 0.106 e. The van der Waals surface area contributed by atoms with Gasteiger partial charge >= 0.3 is 0 Å². The van der Waals surface area contributed by atoms with Crippen molar-refractivity contribution in [1.29, 1.82) is 0 Å². The highest BCUT2D eigenvalue weighted by Gasteiger charge is 2.13. The van der Waals surface area contributed by atoms with Gasteiger partial charge in [-0.3, -0.25) is 0 Å². The molecule has 3 rings (SSSR count). The third kappa shape index (κ3) is 2.59. The average Bonchev–Trinajstić information content (AvgIpc) is 2.46. The van der Waals surface area contributed by atoms with Gasteiger partial charge in [-0.05, 0) is 40.6 Å². The number of halogens is 2. The van der Waals surface area contributed by atoms with Gasteiger partial charge in [0.2, 0.25) is 0 Å². The fraction of sp³-hybridized carbons (Fsp3) is 0.0588. The van der Waals surface area contributed by atoms with Crippen molar-refractivity contribution in [2.45, 2.75) is 6.10 Å². The van der Waals surface area contributed by atoms with Crippen molar-refractivity contribution in [1.82, 2.24) is 0 Å². The van der Waals surface area contributed by atoms with Crippen molar-refractivity contribution in [2.24, 2.45) is 0 Å². The molecular weight excluding hydrogens is 336 g/mol. The maximum atomic E-state index is 10.5. The van der Waals surface area contributed by atoms with Crippen molar-refractivity contribution >= 4 is 38.3 Å². The van der Waals surface area contributed by atoms with Crippen LogP contribution in [0.1, 0.15) is 17.2 Å². The Bertz CT molecular complexity index is 770. The summed E-state index contributed by atoms with van der Waals surface area (Å²) in [6.07, 6.45) is -0.711. The van der Waals surface area contributed by atoms with E-state index in [1.165, 1.54) is 0 Å². The van der Waals surface area contributed by atoms with Gasteiger partial charge in [0.25, 0.3) is 0 Å². The molecule has 3 aromatic carbocycles. The highest BCUT2D eigenvalue weighted by atomic mass is 79.9. The second kappa shape index (κ2) is 5.57. The van der Waals surface area contributed by atoms with Crippen molar-refractivity contribution < 1.29 is 5.11 Å². The molecule has 3 aromatic rings. The van der Waals surface area contributed by atoms with E-state index in [-0.39, 0.29) is 0 Å². The summed E-state index contributed by atoms with van der Waals surface area (Å²) < 4.78 is 1.05. The first-order valence-corrected chi connectivity index (χ1v) is 7.44. The maximum absolute atomic E-state index is 10.5. The second-order valence-corrected chi connectivity index (χ2v) is 6.00. The summed E-state index contributed by atoms with van der Waals surface area (Å²) in [7, 11) is 0. The van der Waals surface area contributed by atoms with Gasteiger partial charge in [-0.15, -0.1) is 0 Å². The summed E-state index contributed by atoms with van der Waals surface area (Å²) in [5, 5.41) is 13.3. The molecule has 0 aromatic heterocycles. The van der Waals surface area contributed by atoms with Gasteiger partial charge in [0.05, 0.1) is 0 Å². The van der Waals surface area contributed by atoms with Gasteiger partial charge in [0.1, 0.15) is 6.10 Å². The second-order valence-electron chi connectivity index (χ2n) is 4.67. The van der Waals surface area contributed by atoms with Gasteiger partial charge in [-0.25, -0.2) is 0 Å². The Kier molecular flexibility index (Phi) is 3.79. The van der Waals surface area contributed by atoms with Gasteiger partial charge in [-0.1, -0.05) is 63.9 Å². The molecule has 0 fully saturated rings. The van der Waals surface area contributed by atoms with Crippen LogP contribution in [-0.4, -0.2) is 5.11 Å². The Morgan fingerprint density at radius 1 is 0.900 bits per heavy atom. The molecule has 0 amide bonds. The molecule has 1 N–H and O–H groups in total. The third-order valence-corrected chi connectivity index (χ3v) is 4.18. The molecule has 0 bridgehead atoms. The topological polar surface area (TPSA) is 20.2 Å². The molecule has 0 aliphatic heterocycles. The van der Waals surface area contributed by atoms with Crippen LogP contribution < -0.4 is 0 Å². The molecule has 0 saturated carbocycles. The summed E-state index contributed by atoms with van der Waals surface area (Å²) in [4.78, 5) is 0. The van der Waals surface area contributed by atoms with Crippen molar-refractivity contribution in [2.75, 3.05) is 0 Å². The monoisotopic (exact) mass is 346 g/mol. The van der Waals surface area contributed by atoms with E-state index in [0.717, 1.165) is 26.4 Å². The average molecular weight is 348 g/mol. The quantitative estimate of drug-likeness (QED) is 0.663. The molecule has 3 heteroatoms. The van der Waals surface area contributed by atoms with Gasteiger partial charge in [0, 0.05) is 15.1 Å². The Hall–Kier alpha value is -1.35. The summed E-state index contributed by atoms with van der Waals surface area (Å²) in [5.41, 5.74) is 1.57. The standard InChI is InChI=1S/C17H12BrClO/c18-14-8-7-11-9-13(6-5-12(11)10-14)17(20)15-3-1-2-4-16(15)19/h1-10,17,20H. The molecule has 1 nitrogen and oxygen atoms in total. The number of benzene rings is 3. The summed E-state index contributed by atoms with van der Waals surface area (Å²) in [6, 6.07) is 19.4. The molecule has 0 aliphatic carbocycles. The molecule has 0 spiro atoms. The predicted molar refractivity (Wildman–Crippen MR) is 87.2 cm³/mol. The highest BCUT2D eigenvalue weighted by molar-refractivity contribution is 9.10. The lowest BCUT2D eigenvalue weighted by molar-refractivity contribution is 0.220. The lowest BCUT2D eigenvalue weighted by Crippen LogP contribution is -2.00. The van der Waals surface area contributed by atoms with E-state index >= 15 is 0 Å². The largest absolute Gasteiger partial charge is 0.384 e. The Morgan fingerprint density at radius 3 is 2.40 bits per heavy atom. The zero-order valence-electron chi connectivity index (χ0n) is 10.6. The van der Waals surface area contributed by atoms with E-state index in [9.17, 15) is 5.11 Å². The first-order chi connectivity index (χ1) is 9.65. The molecule has 0 aliphatic rings. The number of aliphatic hydroxyl groups is 1. The van der Waals surface area contributed by atoms with Crippen LogP contribution in [0.2, 0.25) is 5.02 Å². The first kappa shape index (κ1) is 13.6. The van der Waals surface area contributed by atoms with Gasteiger partial charge < -0.3 is 5.11 Å². The minimum absolute atomic E-state index is 0.580. The van der Waals surface area contributed by atoms with Crippen LogP contribution in [0.15, 0.2) is 65.1 Å². The molecule has 100 valence electrons. The van der Waals surface area contributed by atoms with Crippen LogP contribution in [0.3, 0.4) is 0 Å². The molecule has 1 atom stereocenters. The minimum Gasteiger partial charge on any atom is -0.384 e. The van der Waals surface area contributed by atoms with Gasteiger partial charge in [0.15, 0.2) is 0 Å². The van der Waals surface area contributed by atoms with Crippen LogP contribution in [-0.2, 0) is 0 Å². The van der Waals surface area contributed by atoms with Crippen molar-refractivity contribution in [3.8, 4) is 0 Å². The van der Waals surface area contributed by atoms with E-state index < -0.39 is 6.10 Å². The van der Waals surface area contributed by atoms with Crippen LogP contribution in [0, 0.1) is 0 Å². The van der Waals surface area contributed by atoms with E-state index in [1.54, 1.807) is 6.07 Å². The zero-order valence-corrected chi connectivity index (χ0v) is 12.9. The first-order valence-electron chi connectivity index (χ1n) is 6.27. The van der Waals surface area contributed by atoms with E-state index in [2.05, 4.69) is 22.0 Å². The molecule has 20 heavy (non-hydrogen) atoms. The molecule has 0 heterocycles. The number of hydrogen-bond donors (Lipinski definition) is 1. The Labute approximate surface area is 131 Å². The lowest BCUT2D eigenvalue weighted by atomic mass is 9.98. The van der Waals surface area contributed by atoms with E-state index in [0.29, 0.717) is 5.02 Å². The zero-order chi connectivity index (χ0) is 14.1. The normalized spacial score (nSPS) is 12.6. The van der Waals surface area contributed by atoms with Crippen LogP contribution in [0.25, 0.3) is 10.8 Å². The Morgan fingerprint density at radius 2 is 1.60 bits per heavy atom. The fourth-order valence-electron chi connectivity index (χ4n) is 2.28. The van der Waals surface area contributed by atoms with Crippen LogP contribution in [0.5, 0.6) is 0 Å². The predicted octanol–water partition coefficient (Wildman–Crippen LogP) is 5.34. The number of aliphatic hydroxyl groups excluding tert-OH is 1. The minimum atomic E-state index is -0.711. The van der Waals surface area contributed by atoms with Crippen molar-refractivity contribution in [3.63, 3.8) is 0 Å². The lowest BCUT2D eigenvalue weighted by Gasteiger charge is -2.14. The van der Waals surface area contributed by atoms with Crippen LogP contribution >= 0.6 is 27.5 Å². The van der Waals surface area contributed by atoms with Crippen LogP contribution in [0.4, 0.5) is 0 Å². The number of fused-ring (bicyclic) bond motifs is 1. The fourth-order valence-corrected chi connectivity index (χ4v) is 2.90. The van der Waals surface area contributed by atoms with Crippen molar-refractivity contribution in [3.05, 3.63) is 81.3 Å². The number of rotatable bonds is 2. The SMILES string of the molecule is OC(c1ccc2cc(Br)ccc2c1)c1ccccc1Cl. The molecule has 0 radical (unpaired) electrons. The number of hydrogen-bond acceptors (Lipinski definition) is 1. The molecule has 0 saturated heterocycles. The van der Waals surface area contributed by atoms with Gasteiger partial charge in [-0.2, -0.15) is 0 Å². The summed E-state index contributed by atoms with van der Waals surface area (Å²) in [6.45, 7) is 0. The summed E-state index contributed by atoms with van der Waals surface area (Å²) in [5.74, 6) is 0. The third-order valence-electron chi connectivity index (χ3n) is 3.34. The summed E-state index contributed by atoms with van der Waals surface area (Å²) >= 11 is 9.60. The molecular formula is C17H12BrClO. The Balaban J connectivity index is 2.06. The smallest absolute Gasteiger partial charge is 0.106 e.